The van der Waals surface area contributed by atoms with Crippen molar-refractivity contribution in [2.24, 2.45) is 0 Å². The van der Waals surface area contributed by atoms with Gasteiger partial charge in [-0.1, -0.05) is 11.6 Å². The first-order valence-electron chi connectivity index (χ1n) is 6.85. The molecule has 6 heteroatoms. The molecule has 3 rings (SSSR count). The molecule has 0 spiro atoms. The van der Waals surface area contributed by atoms with Gasteiger partial charge in [0.15, 0.2) is 0 Å². The fourth-order valence-corrected chi connectivity index (χ4v) is 2.60. The van der Waals surface area contributed by atoms with Crippen molar-refractivity contribution in [2.45, 2.75) is 24.9 Å². The van der Waals surface area contributed by atoms with Gasteiger partial charge in [-0.2, -0.15) is 0 Å². The first-order valence-corrected chi connectivity index (χ1v) is 7.23. The van der Waals surface area contributed by atoms with Gasteiger partial charge in [0.25, 0.3) is 0 Å². The van der Waals surface area contributed by atoms with Crippen LogP contribution in [0.15, 0.2) is 18.2 Å². The number of carbonyl (C=O) groups is 1. The molecule has 1 atom stereocenters. The number of benzene rings is 1. The van der Waals surface area contributed by atoms with Gasteiger partial charge in [0.05, 0.1) is 24.6 Å². The SMILES string of the molecule is Nc1cc(Cl)ccc1N1CCOCC1C(=O)NC1CC1. The molecule has 1 aromatic carbocycles. The summed E-state index contributed by atoms with van der Waals surface area (Å²) in [5, 5.41) is 3.62. The van der Waals surface area contributed by atoms with Gasteiger partial charge in [-0.15, -0.1) is 0 Å². The molecule has 1 saturated heterocycles. The minimum absolute atomic E-state index is 0.0153. The number of hydrogen-bond acceptors (Lipinski definition) is 4. The highest BCUT2D eigenvalue weighted by Crippen LogP contribution is 2.29. The summed E-state index contributed by atoms with van der Waals surface area (Å²) in [5.41, 5.74) is 7.46. The number of nitrogens with one attached hydrogen (secondary N) is 1. The molecule has 1 unspecified atom stereocenters. The highest BCUT2D eigenvalue weighted by Gasteiger charge is 2.33. The molecule has 1 aliphatic carbocycles. The van der Waals surface area contributed by atoms with Crippen LogP contribution in [0.3, 0.4) is 0 Å². The van der Waals surface area contributed by atoms with E-state index in [0.29, 0.717) is 36.5 Å². The number of rotatable bonds is 3. The molecule has 20 heavy (non-hydrogen) atoms. The highest BCUT2D eigenvalue weighted by atomic mass is 35.5. The summed E-state index contributed by atoms with van der Waals surface area (Å²) in [7, 11) is 0. The second-order valence-corrected chi connectivity index (χ2v) is 5.71. The Bertz CT molecular complexity index is 519. The van der Waals surface area contributed by atoms with E-state index in [1.54, 1.807) is 12.1 Å². The third-order valence-corrected chi connectivity index (χ3v) is 3.89. The molecule has 5 nitrogen and oxygen atoms in total. The average molecular weight is 296 g/mol. The number of ether oxygens (including phenoxy) is 1. The number of morpholine rings is 1. The third-order valence-electron chi connectivity index (χ3n) is 3.65. The van der Waals surface area contributed by atoms with Gasteiger partial charge in [-0.3, -0.25) is 4.79 Å². The largest absolute Gasteiger partial charge is 0.397 e. The maximum absolute atomic E-state index is 12.3. The molecule has 2 fully saturated rings. The lowest BCUT2D eigenvalue weighted by molar-refractivity contribution is -0.124. The van der Waals surface area contributed by atoms with Gasteiger partial charge in [0.2, 0.25) is 5.91 Å². The van der Waals surface area contributed by atoms with E-state index < -0.39 is 0 Å². The van der Waals surface area contributed by atoms with Crippen molar-refractivity contribution in [1.29, 1.82) is 0 Å². The van der Waals surface area contributed by atoms with E-state index in [1.165, 1.54) is 0 Å². The zero-order chi connectivity index (χ0) is 14.1. The van der Waals surface area contributed by atoms with Crippen LogP contribution in [0.2, 0.25) is 5.02 Å². The van der Waals surface area contributed by atoms with Crippen molar-refractivity contribution in [3.63, 3.8) is 0 Å². The van der Waals surface area contributed by atoms with E-state index in [2.05, 4.69) is 5.32 Å². The Morgan fingerprint density at radius 1 is 1.45 bits per heavy atom. The van der Waals surface area contributed by atoms with Crippen LogP contribution in [-0.2, 0) is 9.53 Å². The van der Waals surface area contributed by atoms with Crippen LogP contribution in [0, 0.1) is 0 Å². The van der Waals surface area contributed by atoms with Gasteiger partial charge in [-0.25, -0.2) is 0 Å². The maximum Gasteiger partial charge on any atom is 0.245 e. The average Bonchev–Trinajstić information content (AvgIpc) is 3.23. The molecule has 0 aromatic heterocycles. The summed E-state index contributed by atoms with van der Waals surface area (Å²) in [5.74, 6) is 0.0153. The van der Waals surface area contributed by atoms with E-state index in [4.69, 9.17) is 22.1 Å². The number of halogens is 1. The molecule has 1 aliphatic heterocycles. The predicted molar refractivity (Wildman–Crippen MR) is 79.0 cm³/mol. The first kappa shape index (κ1) is 13.5. The van der Waals surface area contributed by atoms with Crippen molar-refractivity contribution < 1.29 is 9.53 Å². The van der Waals surface area contributed by atoms with E-state index in [9.17, 15) is 4.79 Å². The minimum Gasteiger partial charge on any atom is -0.397 e. The Kier molecular flexibility index (Phi) is 3.72. The van der Waals surface area contributed by atoms with Gasteiger partial charge in [-0.05, 0) is 31.0 Å². The molecule has 1 saturated carbocycles. The summed E-state index contributed by atoms with van der Waals surface area (Å²) < 4.78 is 5.45. The van der Waals surface area contributed by atoms with Crippen LogP contribution >= 0.6 is 11.6 Å². The second kappa shape index (κ2) is 5.50. The summed E-state index contributed by atoms with van der Waals surface area (Å²) in [4.78, 5) is 14.3. The molecule has 0 radical (unpaired) electrons. The van der Waals surface area contributed by atoms with Crippen molar-refractivity contribution >= 4 is 28.9 Å². The molecular weight excluding hydrogens is 278 g/mol. The van der Waals surface area contributed by atoms with Crippen molar-refractivity contribution in [2.75, 3.05) is 30.4 Å². The van der Waals surface area contributed by atoms with Gasteiger partial charge in [0.1, 0.15) is 6.04 Å². The maximum atomic E-state index is 12.3. The zero-order valence-electron chi connectivity index (χ0n) is 11.1. The number of carbonyl (C=O) groups excluding carboxylic acids is 1. The first-order chi connectivity index (χ1) is 9.65. The fourth-order valence-electron chi connectivity index (χ4n) is 2.42. The molecule has 108 valence electrons. The lowest BCUT2D eigenvalue weighted by Crippen LogP contribution is -2.54. The number of nitrogen functional groups attached to an aromatic ring is 1. The molecule has 1 aromatic rings. The van der Waals surface area contributed by atoms with Crippen LogP contribution in [0.1, 0.15) is 12.8 Å². The minimum atomic E-state index is -0.326. The van der Waals surface area contributed by atoms with Crippen LogP contribution in [0.25, 0.3) is 0 Å². The molecular formula is C14H18ClN3O2. The molecule has 3 N–H and O–H groups in total. The predicted octanol–water partition coefficient (Wildman–Crippen LogP) is 1.41. The number of amides is 1. The van der Waals surface area contributed by atoms with Crippen molar-refractivity contribution in [3.05, 3.63) is 23.2 Å². The summed E-state index contributed by atoms with van der Waals surface area (Å²) in [6, 6.07) is 5.38. The second-order valence-electron chi connectivity index (χ2n) is 5.27. The van der Waals surface area contributed by atoms with Gasteiger partial charge < -0.3 is 20.7 Å². The lowest BCUT2D eigenvalue weighted by atomic mass is 10.1. The fraction of sp³-hybridized carbons (Fsp3) is 0.500. The Morgan fingerprint density at radius 2 is 2.25 bits per heavy atom. The molecule has 0 bridgehead atoms. The summed E-state index contributed by atoms with van der Waals surface area (Å²) in [6.45, 7) is 1.63. The van der Waals surface area contributed by atoms with E-state index >= 15 is 0 Å². The molecule has 1 heterocycles. The van der Waals surface area contributed by atoms with E-state index in [0.717, 1.165) is 18.5 Å². The van der Waals surface area contributed by atoms with E-state index in [1.807, 2.05) is 11.0 Å². The van der Waals surface area contributed by atoms with Crippen molar-refractivity contribution in [1.82, 2.24) is 5.32 Å². The topological polar surface area (TPSA) is 67.6 Å². The van der Waals surface area contributed by atoms with Crippen molar-refractivity contribution in [3.8, 4) is 0 Å². The molecule has 1 amide bonds. The number of hydrogen-bond donors (Lipinski definition) is 2. The van der Waals surface area contributed by atoms with E-state index in [-0.39, 0.29) is 11.9 Å². The standard InChI is InChI=1S/C14H18ClN3O2/c15-9-1-4-12(11(16)7-9)18-5-6-20-8-13(18)14(19)17-10-2-3-10/h1,4,7,10,13H,2-3,5-6,8,16H2,(H,17,19). The Morgan fingerprint density at radius 3 is 2.95 bits per heavy atom. The summed E-state index contributed by atoms with van der Waals surface area (Å²) in [6.07, 6.45) is 2.14. The summed E-state index contributed by atoms with van der Waals surface area (Å²) >= 11 is 5.93. The Hall–Kier alpha value is -1.46. The molecule has 2 aliphatic rings. The smallest absolute Gasteiger partial charge is 0.245 e. The quantitative estimate of drug-likeness (QED) is 0.827. The number of nitrogens with zero attached hydrogens (tertiary/aromatic N) is 1. The van der Waals surface area contributed by atoms with Crippen LogP contribution in [0.5, 0.6) is 0 Å². The highest BCUT2D eigenvalue weighted by molar-refractivity contribution is 6.31. The van der Waals surface area contributed by atoms with Crippen LogP contribution < -0.4 is 16.0 Å². The van der Waals surface area contributed by atoms with Crippen LogP contribution in [-0.4, -0.2) is 37.7 Å². The Labute approximate surface area is 123 Å². The number of anilines is 2. The monoisotopic (exact) mass is 295 g/mol. The van der Waals surface area contributed by atoms with Gasteiger partial charge >= 0.3 is 0 Å². The third kappa shape index (κ3) is 2.83. The number of nitrogens with two attached hydrogens (primary N) is 1. The Balaban J connectivity index is 1.81. The lowest BCUT2D eigenvalue weighted by Gasteiger charge is -2.37. The van der Waals surface area contributed by atoms with Crippen LogP contribution in [0.4, 0.5) is 11.4 Å². The normalized spacial score (nSPS) is 22.6. The zero-order valence-corrected chi connectivity index (χ0v) is 11.9. The van der Waals surface area contributed by atoms with Gasteiger partial charge in [0, 0.05) is 17.6 Å².